The molecule has 0 saturated heterocycles. The normalized spacial score (nSPS) is 12.9. The number of amides is 1. The lowest BCUT2D eigenvalue weighted by molar-refractivity contribution is 0.0659. The monoisotopic (exact) mass is 691 g/mol. The first-order valence-corrected chi connectivity index (χ1v) is 21.5. The number of hydrogen-bond donors (Lipinski definition) is 0. The van der Waals surface area contributed by atoms with E-state index in [2.05, 4.69) is 68.2 Å². The highest BCUT2D eigenvalue weighted by Crippen LogP contribution is 2.33. The lowest BCUT2D eigenvalue weighted by atomic mass is 10.0. The molecule has 3 aromatic carbocycles. The number of aliphatic imine (C=N–C) groups is 1. The lowest BCUT2D eigenvalue weighted by Crippen LogP contribution is -2.34. The average molecular weight is 692 g/mol. The van der Waals surface area contributed by atoms with Crippen molar-refractivity contribution < 1.29 is 9.53 Å². The Morgan fingerprint density at radius 2 is 1.51 bits per heavy atom. The molecule has 51 heavy (non-hydrogen) atoms. The Labute approximate surface area is 301 Å². The molecular formula is C43H45N5O2Si. The Morgan fingerprint density at radius 3 is 2.10 bits per heavy atom. The number of pyridine rings is 2. The van der Waals surface area contributed by atoms with E-state index >= 15 is 0 Å². The highest BCUT2D eigenvalue weighted by atomic mass is 28.3. The van der Waals surface area contributed by atoms with Crippen molar-refractivity contribution >= 4 is 36.5 Å². The van der Waals surface area contributed by atoms with Crippen LogP contribution in [-0.4, -0.2) is 51.8 Å². The highest BCUT2D eigenvalue weighted by Gasteiger charge is 2.35. The third-order valence-electron chi connectivity index (χ3n) is 9.31. The topological polar surface area (TPSA) is 72.6 Å². The van der Waals surface area contributed by atoms with Crippen LogP contribution in [-0.2, 0) is 18.0 Å². The molecule has 0 atom stereocenters. The van der Waals surface area contributed by atoms with E-state index in [1.54, 1.807) is 0 Å². The van der Waals surface area contributed by atoms with Crippen LogP contribution in [0.2, 0.25) is 25.7 Å². The fraction of sp³-hybridized carbons (Fsp3) is 0.256. The zero-order valence-electron chi connectivity index (χ0n) is 29.9. The van der Waals surface area contributed by atoms with Crippen LogP contribution in [0.15, 0.2) is 126 Å². The molecule has 3 aromatic heterocycles. The van der Waals surface area contributed by atoms with E-state index in [4.69, 9.17) is 19.7 Å². The smallest absolute Gasteiger partial charge is 0.271 e. The molecule has 3 heterocycles. The van der Waals surface area contributed by atoms with Crippen LogP contribution in [0, 0.1) is 6.92 Å². The molecular weight excluding hydrogens is 647 g/mol. The number of rotatable bonds is 13. The first-order valence-electron chi connectivity index (χ1n) is 17.8. The summed E-state index contributed by atoms with van der Waals surface area (Å²) in [6.45, 7) is 10.4. The van der Waals surface area contributed by atoms with Gasteiger partial charge in [0.1, 0.15) is 12.4 Å². The average Bonchev–Trinajstić information content (AvgIpc) is 3.93. The van der Waals surface area contributed by atoms with E-state index in [9.17, 15) is 4.79 Å². The zero-order chi connectivity index (χ0) is 35.4. The van der Waals surface area contributed by atoms with Gasteiger partial charge in [-0.25, -0.2) is 9.98 Å². The molecule has 6 aromatic rings. The lowest BCUT2D eigenvalue weighted by Gasteiger charge is -2.23. The molecule has 8 heteroatoms. The molecule has 0 bridgehead atoms. The highest BCUT2D eigenvalue weighted by molar-refractivity contribution is 6.76. The molecule has 0 spiro atoms. The fourth-order valence-corrected chi connectivity index (χ4v) is 6.97. The zero-order valence-corrected chi connectivity index (χ0v) is 30.9. The van der Waals surface area contributed by atoms with E-state index < -0.39 is 8.07 Å². The molecule has 0 N–H and O–H groups in total. The van der Waals surface area contributed by atoms with Gasteiger partial charge in [0, 0.05) is 43.6 Å². The van der Waals surface area contributed by atoms with Crippen molar-refractivity contribution in [1.29, 1.82) is 0 Å². The number of aromatic nitrogens is 3. The van der Waals surface area contributed by atoms with E-state index in [-0.39, 0.29) is 18.7 Å². The van der Waals surface area contributed by atoms with Crippen LogP contribution in [0.5, 0.6) is 0 Å². The van der Waals surface area contributed by atoms with Gasteiger partial charge in [0.25, 0.3) is 5.91 Å². The van der Waals surface area contributed by atoms with Crippen molar-refractivity contribution in [3.63, 3.8) is 0 Å². The largest absolute Gasteiger partial charge is 0.361 e. The van der Waals surface area contributed by atoms with Gasteiger partial charge in [0.15, 0.2) is 5.82 Å². The minimum atomic E-state index is -1.29. The second-order valence-electron chi connectivity index (χ2n) is 14.6. The molecule has 1 aliphatic rings. The summed E-state index contributed by atoms with van der Waals surface area (Å²) < 4.78 is 8.30. The second-order valence-corrected chi connectivity index (χ2v) is 20.2. The summed E-state index contributed by atoms with van der Waals surface area (Å²) in [5.41, 5.74) is 9.01. The summed E-state index contributed by atoms with van der Waals surface area (Å²) in [5.74, 6) is 0.595. The van der Waals surface area contributed by atoms with Crippen LogP contribution in [0.3, 0.4) is 0 Å². The second kappa shape index (κ2) is 15.0. The van der Waals surface area contributed by atoms with Crippen molar-refractivity contribution in [2.75, 3.05) is 6.61 Å². The van der Waals surface area contributed by atoms with Crippen molar-refractivity contribution in [2.24, 2.45) is 4.99 Å². The molecule has 1 amide bonds. The molecule has 0 aliphatic heterocycles. The predicted molar refractivity (Wildman–Crippen MR) is 209 cm³/mol. The standard InChI is InChI=1S/C43H45N5O2Si/c1-31-26-39-38(45-42(31)46-41(33-16-10-6-11-17-33)34-18-12-7-13-19-34)27-40(48(39)30-50-24-25-51(2,3)4)43(49)47(37-22-23-37)29-36-21-20-35(28-44-36)32-14-8-5-9-15-32/h5-21,26-28,37H,22-25,29-30H2,1-4H3. The number of fused-ring (bicyclic) bond motifs is 1. The molecule has 1 fully saturated rings. The molecule has 7 rings (SSSR count). The molecule has 1 saturated carbocycles. The van der Waals surface area contributed by atoms with Crippen molar-refractivity contribution in [1.82, 2.24) is 19.4 Å². The molecule has 258 valence electrons. The van der Waals surface area contributed by atoms with Gasteiger partial charge in [0.05, 0.1) is 29.0 Å². The van der Waals surface area contributed by atoms with Crippen molar-refractivity contribution in [2.45, 2.75) is 64.8 Å². The van der Waals surface area contributed by atoms with Gasteiger partial charge in [-0.2, -0.15) is 0 Å². The number of carbonyl (C=O) groups excluding carboxylic acids is 1. The van der Waals surface area contributed by atoms with Gasteiger partial charge in [0.2, 0.25) is 0 Å². The van der Waals surface area contributed by atoms with E-state index in [0.717, 1.165) is 69.1 Å². The summed E-state index contributed by atoms with van der Waals surface area (Å²) in [4.78, 5) is 31.6. The first kappa shape index (κ1) is 34.3. The molecule has 7 nitrogen and oxygen atoms in total. The number of benzene rings is 3. The van der Waals surface area contributed by atoms with E-state index in [1.165, 1.54) is 0 Å². The van der Waals surface area contributed by atoms with Crippen molar-refractivity contribution in [3.05, 3.63) is 150 Å². The Hall–Kier alpha value is -5.18. The Bertz CT molecular complexity index is 2100. The third kappa shape index (κ3) is 8.25. The Kier molecular flexibility index (Phi) is 10.1. The first-order chi connectivity index (χ1) is 24.7. The van der Waals surface area contributed by atoms with Gasteiger partial charge in [-0.1, -0.05) is 117 Å². The molecule has 0 radical (unpaired) electrons. The van der Waals surface area contributed by atoms with Gasteiger partial charge >= 0.3 is 0 Å². The van der Waals surface area contributed by atoms with Crippen LogP contribution < -0.4 is 0 Å². The summed E-state index contributed by atoms with van der Waals surface area (Å²) in [6.07, 6.45) is 3.87. The molecule has 0 unspecified atom stereocenters. The third-order valence-corrected chi connectivity index (χ3v) is 11.0. The number of carbonyl (C=O) groups is 1. The number of aryl methyl sites for hydroxylation is 1. The van der Waals surface area contributed by atoms with Gasteiger partial charge in [-0.3, -0.25) is 9.78 Å². The number of nitrogens with zero attached hydrogens (tertiary/aromatic N) is 5. The van der Waals surface area contributed by atoms with Crippen LogP contribution >= 0.6 is 0 Å². The maximum absolute atomic E-state index is 14.6. The number of hydrogen-bond acceptors (Lipinski definition) is 5. The van der Waals surface area contributed by atoms with Gasteiger partial charge < -0.3 is 14.2 Å². The van der Waals surface area contributed by atoms with Gasteiger partial charge in [-0.05, 0) is 55.1 Å². The Balaban J connectivity index is 1.25. The fourth-order valence-electron chi connectivity index (χ4n) is 6.21. The van der Waals surface area contributed by atoms with Crippen LogP contribution in [0.1, 0.15) is 45.7 Å². The maximum atomic E-state index is 14.6. The molecule has 1 aliphatic carbocycles. The van der Waals surface area contributed by atoms with Crippen molar-refractivity contribution in [3.8, 4) is 11.1 Å². The van der Waals surface area contributed by atoms with Gasteiger partial charge in [-0.15, -0.1) is 0 Å². The summed E-state index contributed by atoms with van der Waals surface area (Å²) >= 11 is 0. The SMILES string of the molecule is Cc1cc2c(cc(C(=O)N(Cc3ccc(-c4ccccc4)cn3)C3CC3)n2COCC[Si](C)(C)C)nc1N=C(c1ccccc1)c1ccccc1. The predicted octanol–water partition coefficient (Wildman–Crippen LogP) is 9.69. The summed E-state index contributed by atoms with van der Waals surface area (Å²) in [7, 11) is -1.29. The van der Waals surface area contributed by atoms with Crippen LogP contribution in [0.4, 0.5) is 5.82 Å². The van der Waals surface area contributed by atoms with E-state index in [1.807, 2.05) is 89.3 Å². The maximum Gasteiger partial charge on any atom is 0.271 e. The minimum absolute atomic E-state index is 0.0322. The summed E-state index contributed by atoms with van der Waals surface area (Å²) in [5, 5.41) is 0. The quantitative estimate of drug-likeness (QED) is 0.0687. The number of ether oxygens (including phenoxy) is 1. The Morgan fingerprint density at radius 1 is 0.863 bits per heavy atom. The minimum Gasteiger partial charge on any atom is -0.361 e. The van der Waals surface area contributed by atoms with E-state index in [0.29, 0.717) is 24.7 Å². The van der Waals surface area contributed by atoms with Crippen LogP contribution in [0.25, 0.3) is 22.2 Å². The summed E-state index contributed by atoms with van der Waals surface area (Å²) in [6, 6.07) is 40.0.